The van der Waals surface area contributed by atoms with Crippen molar-refractivity contribution in [3.63, 3.8) is 0 Å². The van der Waals surface area contributed by atoms with Crippen molar-refractivity contribution in [2.45, 2.75) is 11.8 Å². The first kappa shape index (κ1) is 15.1. The van der Waals surface area contributed by atoms with E-state index in [4.69, 9.17) is 0 Å². The summed E-state index contributed by atoms with van der Waals surface area (Å²) in [5.41, 5.74) is 0.905. The second-order valence-corrected chi connectivity index (χ2v) is 5.70. The maximum atomic E-state index is 12.0. The fourth-order valence-electron chi connectivity index (χ4n) is 1.64. The molecule has 0 aliphatic carbocycles. The number of carbonyl (C=O) groups excluding carboxylic acids is 1. The van der Waals surface area contributed by atoms with Crippen LogP contribution in [0.5, 0.6) is 0 Å². The molecule has 1 amide bonds. The average molecular weight is 306 g/mol. The van der Waals surface area contributed by atoms with Crippen LogP contribution in [-0.2, 0) is 14.3 Å². The molecule has 0 radical (unpaired) electrons. The molecule has 21 heavy (non-hydrogen) atoms. The van der Waals surface area contributed by atoms with Gasteiger partial charge >= 0.3 is 0 Å². The Balaban J connectivity index is 2.14. The van der Waals surface area contributed by atoms with Gasteiger partial charge in [0, 0.05) is 11.8 Å². The van der Waals surface area contributed by atoms with Gasteiger partial charge in [-0.3, -0.25) is 14.0 Å². The molecule has 1 N–H and O–H groups in total. The van der Waals surface area contributed by atoms with Crippen LogP contribution in [0.25, 0.3) is 0 Å². The number of nitrogens with one attached hydrogen (secondary N) is 1. The van der Waals surface area contributed by atoms with Crippen molar-refractivity contribution < 1.29 is 17.4 Å². The van der Waals surface area contributed by atoms with Gasteiger partial charge in [0.15, 0.2) is 0 Å². The summed E-state index contributed by atoms with van der Waals surface area (Å²) in [7, 11) is -3.75. The Morgan fingerprint density at radius 3 is 2.52 bits per heavy atom. The highest BCUT2D eigenvalue weighted by molar-refractivity contribution is 7.86. The number of nitrogens with zero attached hydrogens (tertiary/aromatic N) is 1. The largest absolute Gasteiger partial charge is 0.321 e. The summed E-state index contributed by atoms with van der Waals surface area (Å²) in [5, 5.41) is 2.66. The first-order valence-electron chi connectivity index (χ1n) is 6.24. The zero-order chi connectivity index (χ0) is 15.3. The molecule has 0 bridgehead atoms. The molecule has 110 valence electrons. The second kappa shape index (κ2) is 6.47. The molecule has 0 atom stereocenters. The number of carbonyl (C=O) groups is 1. The molecule has 0 saturated carbocycles. The molecule has 0 aliphatic heterocycles. The summed E-state index contributed by atoms with van der Waals surface area (Å²) in [4.78, 5) is 15.9. The van der Waals surface area contributed by atoms with E-state index >= 15 is 0 Å². The van der Waals surface area contributed by atoms with E-state index in [9.17, 15) is 13.2 Å². The van der Waals surface area contributed by atoms with E-state index < -0.39 is 10.1 Å². The van der Waals surface area contributed by atoms with Gasteiger partial charge in [-0.2, -0.15) is 8.42 Å². The lowest BCUT2D eigenvalue weighted by molar-refractivity contribution is 0.102. The first-order valence-corrected chi connectivity index (χ1v) is 7.64. The summed E-state index contributed by atoms with van der Waals surface area (Å²) in [6.07, 6.45) is 3.12. The molecule has 6 nitrogen and oxygen atoms in total. The third kappa shape index (κ3) is 3.87. The van der Waals surface area contributed by atoms with Crippen molar-refractivity contribution in [2.75, 3.05) is 11.9 Å². The van der Waals surface area contributed by atoms with Gasteiger partial charge in [0.2, 0.25) is 0 Å². The molecular weight excluding hydrogens is 292 g/mol. The maximum absolute atomic E-state index is 12.0. The van der Waals surface area contributed by atoms with E-state index in [-0.39, 0.29) is 17.4 Å². The van der Waals surface area contributed by atoms with Crippen molar-refractivity contribution >= 4 is 21.7 Å². The minimum atomic E-state index is -3.75. The third-order valence-electron chi connectivity index (χ3n) is 2.60. The molecule has 0 spiro atoms. The fraction of sp³-hybridized carbons (Fsp3) is 0.143. The zero-order valence-electron chi connectivity index (χ0n) is 11.3. The molecule has 0 fully saturated rings. The van der Waals surface area contributed by atoms with Gasteiger partial charge in [0.05, 0.1) is 23.4 Å². The van der Waals surface area contributed by atoms with Crippen molar-refractivity contribution in [1.29, 1.82) is 0 Å². The molecule has 2 aromatic rings. The van der Waals surface area contributed by atoms with Crippen LogP contribution in [0.4, 0.5) is 5.69 Å². The Morgan fingerprint density at radius 2 is 1.95 bits per heavy atom. The molecule has 2 rings (SSSR count). The lowest BCUT2D eigenvalue weighted by Crippen LogP contribution is -2.12. The molecule has 7 heteroatoms. The van der Waals surface area contributed by atoms with Crippen LogP contribution in [0.15, 0.2) is 53.7 Å². The van der Waals surface area contributed by atoms with Crippen LogP contribution in [0, 0.1) is 0 Å². The van der Waals surface area contributed by atoms with Gasteiger partial charge in [-0.05, 0) is 43.3 Å². The summed E-state index contributed by atoms with van der Waals surface area (Å²) < 4.78 is 28.0. The van der Waals surface area contributed by atoms with Gasteiger partial charge in [0.25, 0.3) is 16.0 Å². The number of rotatable bonds is 5. The lowest BCUT2D eigenvalue weighted by atomic mass is 10.2. The topological polar surface area (TPSA) is 85.4 Å². The van der Waals surface area contributed by atoms with Crippen molar-refractivity contribution in [2.24, 2.45) is 0 Å². The van der Waals surface area contributed by atoms with E-state index in [0.717, 1.165) is 0 Å². The molecule has 0 unspecified atom stereocenters. The number of hydrogen-bond acceptors (Lipinski definition) is 5. The van der Waals surface area contributed by atoms with Gasteiger partial charge in [-0.15, -0.1) is 0 Å². The van der Waals surface area contributed by atoms with Gasteiger partial charge in [-0.1, -0.05) is 0 Å². The number of aromatic nitrogens is 1. The van der Waals surface area contributed by atoms with E-state index in [1.54, 1.807) is 25.3 Å². The number of anilines is 1. The Bertz CT molecular complexity index is 712. The van der Waals surface area contributed by atoms with E-state index in [0.29, 0.717) is 11.3 Å². The highest BCUT2D eigenvalue weighted by atomic mass is 32.2. The molecule has 1 heterocycles. The van der Waals surface area contributed by atoms with Crippen LogP contribution in [0.1, 0.15) is 17.3 Å². The van der Waals surface area contributed by atoms with Crippen molar-refractivity contribution in [3.8, 4) is 0 Å². The van der Waals surface area contributed by atoms with Crippen molar-refractivity contribution in [1.82, 2.24) is 4.98 Å². The van der Waals surface area contributed by atoms with Crippen LogP contribution in [-0.4, -0.2) is 25.9 Å². The summed E-state index contributed by atoms with van der Waals surface area (Å²) in [6.45, 7) is 1.65. The van der Waals surface area contributed by atoms with Gasteiger partial charge < -0.3 is 5.32 Å². The fourth-order valence-corrected chi connectivity index (χ4v) is 2.55. The Morgan fingerprint density at radius 1 is 1.24 bits per heavy atom. The second-order valence-electron chi connectivity index (χ2n) is 4.08. The first-order chi connectivity index (χ1) is 10.0. The molecular formula is C14H14N2O4S. The Kier molecular flexibility index (Phi) is 4.66. The highest BCUT2D eigenvalue weighted by Crippen LogP contribution is 2.14. The zero-order valence-corrected chi connectivity index (χ0v) is 12.1. The predicted octanol–water partition coefficient (Wildman–Crippen LogP) is 2.06. The minimum absolute atomic E-state index is 0.0160. The van der Waals surface area contributed by atoms with Gasteiger partial charge in [0.1, 0.15) is 0 Å². The van der Waals surface area contributed by atoms with E-state index in [1.165, 1.54) is 30.5 Å². The quantitative estimate of drug-likeness (QED) is 0.855. The Labute approximate surface area is 122 Å². The standard InChI is InChI=1S/C14H14N2O4S/c1-2-20-21(18,19)13-7-5-11(6-8-13)14(17)16-12-4-3-9-15-10-12/h3-10H,2H2,1H3,(H,16,17). The molecule has 0 aliphatic rings. The molecule has 1 aromatic heterocycles. The third-order valence-corrected chi connectivity index (χ3v) is 3.99. The molecule has 1 aromatic carbocycles. The number of pyridine rings is 1. The number of benzene rings is 1. The average Bonchev–Trinajstić information content (AvgIpc) is 2.48. The number of hydrogen-bond donors (Lipinski definition) is 1. The van der Waals surface area contributed by atoms with Crippen LogP contribution in [0.2, 0.25) is 0 Å². The maximum Gasteiger partial charge on any atom is 0.296 e. The lowest BCUT2D eigenvalue weighted by Gasteiger charge is -2.06. The normalized spacial score (nSPS) is 11.1. The van der Waals surface area contributed by atoms with Crippen LogP contribution >= 0.6 is 0 Å². The monoisotopic (exact) mass is 306 g/mol. The SMILES string of the molecule is CCOS(=O)(=O)c1ccc(C(=O)Nc2cccnc2)cc1. The van der Waals surface area contributed by atoms with E-state index in [2.05, 4.69) is 14.5 Å². The van der Waals surface area contributed by atoms with Gasteiger partial charge in [-0.25, -0.2) is 0 Å². The van der Waals surface area contributed by atoms with Crippen LogP contribution < -0.4 is 5.32 Å². The summed E-state index contributed by atoms with van der Waals surface area (Å²) in [6, 6.07) is 8.94. The smallest absolute Gasteiger partial charge is 0.296 e. The number of amides is 1. The van der Waals surface area contributed by atoms with Crippen molar-refractivity contribution in [3.05, 3.63) is 54.4 Å². The predicted molar refractivity (Wildman–Crippen MR) is 77.4 cm³/mol. The Hall–Kier alpha value is -2.25. The van der Waals surface area contributed by atoms with E-state index in [1.807, 2.05) is 0 Å². The minimum Gasteiger partial charge on any atom is -0.321 e. The molecule has 0 saturated heterocycles. The summed E-state index contributed by atoms with van der Waals surface area (Å²) in [5.74, 6) is -0.344. The van der Waals surface area contributed by atoms with Crippen LogP contribution in [0.3, 0.4) is 0 Å². The summed E-state index contributed by atoms with van der Waals surface area (Å²) >= 11 is 0. The highest BCUT2D eigenvalue weighted by Gasteiger charge is 2.15.